The number of urea groups is 1. The van der Waals surface area contributed by atoms with Gasteiger partial charge in [-0.05, 0) is 37.5 Å². The first-order chi connectivity index (χ1) is 9.87. The van der Waals surface area contributed by atoms with E-state index in [0.29, 0.717) is 0 Å². The number of aromatic carboxylic acids is 1. The van der Waals surface area contributed by atoms with Crippen LogP contribution in [-0.4, -0.2) is 22.6 Å². The molecule has 0 aliphatic rings. The van der Waals surface area contributed by atoms with Crippen molar-refractivity contribution in [3.63, 3.8) is 0 Å². The van der Waals surface area contributed by atoms with Gasteiger partial charge in [0.1, 0.15) is 5.82 Å². The Morgan fingerprint density at radius 3 is 2.19 bits per heavy atom. The van der Waals surface area contributed by atoms with Gasteiger partial charge in [0.2, 0.25) is 0 Å². The summed E-state index contributed by atoms with van der Waals surface area (Å²) >= 11 is 0. The predicted molar refractivity (Wildman–Crippen MR) is 79.1 cm³/mol. The number of carboxylic acids is 1. The molecule has 116 valence electrons. The van der Waals surface area contributed by atoms with E-state index in [9.17, 15) is 14.0 Å². The van der Waals surface area contributed by atoms with Crippen molar-refractivity contribution in [3.8, 4) is 0 Å². The molecule has 0 aliphatic carbocycles. The number of carbonyl (C=O) groups is 2. The maximum atomic E-state index is 13.5. The molecular weight excluding hydrogens is 275 g/mol. The van der Waals surface area contributed by atoms with E-state index in [1.807, 2.05) is 20.8 Å². The number of rotatable bonds is 6. The molecule has 0 saturated carbocycles. The molecule has 3 N–H and O–H groups in total. The summed E-state index contributed by atoms with van der Waals surface area (Å²) in [7, 11) is 0. The SMILES string of the molecule is CCC(CC)(CC)NC(=O)Nc1ccc(C(=O)O)c(F)c1. The Labute approximate surface area is 123 Å². The van der Waals surface area contributed by atoms with Crippen molar-refractivity contribution in [2.45, 2.75) is 45.6 Å². The fourth-order valence-corrected chi connectivity index (χ4v) is 2.18. The Balaban J connectivity index is 2.80. The predicted octanol–water partition coefficient (Wildman–Crippen LogP) is 3.61. The molecule has 1 rings (SSSR count). The summed E-state index contributed by atoms with van der Waals surface area (Å²) in [5.74, 6) is -2.22. The van der Waals surface area contributed by atoms with Crippen LogP contribution in [0.25, 0.3) is 0 Å². The molecule has 5 nitrogen and oxygen atoms in total. The zero-order valence-electron chi connectivity index (χ0n) is 12.5. The summed E-state index contributed by atoms with van der Waals surface area (Å²) in [5.41, 5.74) is -0.498. The average molecular weight is 296 g/mol. The second-order valence-electron chi connectivity index (χ2n) is 4.92. The molecule has 0 fully saturated rings. The van der Waals surface area contributed by atoms with E-state index in [2.05, 4.69) is 10.6 Å². The number of hydrogen-bond acceptors (Lipinski definition) is 2. The van der Waals surface area contributed by atoms with Gasteiger partial charge in [0.25, 0.3) is 0 Å². The summed E-state index contributed by atoms with van der Waals surface area (Å²) in [6.45, 7) is 5.98. The fraction of sp³-hybridized carbons (Fsp3) is 0.467. The largest absolute Gasteiger partial charge is 0.478 e. The topological polar surface area (TPSA) is 78.4 Å². The minimum absolute atomic E-state index is 0.215. The molecule has 0 saturated heterocycles. The van der Waals surface area contributed by atoms with Gasteiger partial charge in [-0.2, -0.15) is 0 Å². The summed E-state index contributed by atoms with van der Waals surface area (Å²) < 4.78 is 13.5. The number of carboxylic acid groups (broad SMARTS) is 1. The number of halogens is 1. The molecule has 2 amide bonds. The van der Waals surface area contributed by atoms with Crippen LogP contribution in [0.5, 0.6) is 0 Å². The summed E-state index contributed by atoms with van der Waals surface area (Å²) in [5, 5.41) is 14.2. The molecule has 0 aromatic heterocycles. The normalized spacial score (nSPS) is 11.0. The highest BCUT2D eigenvalue weighted by atomic mass is 19.1. The number of hydrogen-bond donors (Lipinski definition) is 3. The molecule has 0 heterocycles. The first kappa shape index (κ1) is 16.9. The lowest BCUT2D eigenvalue weighted by atomic mass is 9.90. The van der Waals surface area contributed by atoms with Crippen LogP contribution in [0.4, 0.5) is 14.9 Å². The maximum absolute atomic E-state index is 13.5. The highest BCUT2D eigenvalue weighted by Crippen LogP contribution is 2.20. The van der Waals surface area contributed by atoms with Gasteiger partial charge in [-0.1, -0.05) is 20.8 Å². The molecule has 0 bridgehead atoms. The molecule has 6 heteroatoms. The van der Waals surface area contributed by atoms with Gasteiger partial charge in [-0.3, -0.25) is 0 Å². The van der Waals surface area contributed by atoms with Gasteiger partial charge in [0, 0.05) is 11.2 Å². The number of nitrogens with one attached hydrogen (secondary N) is 2. The highest BCUT2D eigenvalue weighted by molar-refractivity contribution is 5.92. The van der Waals surface area contributed by atoms with Crippen molar-refractivity contribution in [2.75, 3.05) is 5.32 Å². The lowest BCUT2D eigenvalue weighted by molar-refractivity contribution is 0.0692. The van der Waals surface area contributed by atoms with Crippen molar-refractivity contribution in [3.05, 3.63) is 29.6 Å². The van der Waals surface area contributed by atoms with Crippen molar-refractivity contribution < 1.29 is 19.1 Å². The third-order valence-electron chi connectivity index (χ3n) is 3.87. The Morgan fingerprint density at radius 1 is 1.19 bits per heavy atom. The Bertz CT molecular complexity index is 519. The molecule has 0 radical (unpaired) electrons. The molecule has 21 heavy (non-hydrogen) atoms. The Kier molecular flexibility index (Phi) is 5.69. The van der Waals surface area contributed by atoms with Crippen LogP contribution in [-0.2, 0) is 0 Å². The van der Waals surface area contributed by atoms with Gasteiger partial charge in [-0.25, -0.2) is 14.0 Å². The molecule has 0 aliphatic heterocycles. The van der Waals surface area contributed by atoms with Crippen molar-refractivity contribution in [2.24, 2.45) is 0 Å². The lowest BCUT2D eigenvalue weighted by Gasteiger charge is -2.31. The maximum Gasteiger partial charge on any atom is 0.338 e. The van der Waals surface area contributed by atoms with Crippen LogP contribution in [0, 0.1) is 5.82 Å². The summed E-state index contributed by atoms with van der Waals surface area (Å²) in [6.07, 6.45) is 2.37. The lowest BCUT2D eigenvalue weighted by Crippen LogP contribution is -2.48. The smallest absolute Gasteiger partial charge is 0.338 e. The zero-order valence-corrected chi connectivity index (χ0v) is 12.5. The number of carbonyl (C=O) groups excluding carboxylic acids is 1. The van der Waals surface area contributed by atoms with E-state index in [0.717, 1.165) is 31.4 Å². The number of anilines is 1. The first-order valence-corrected chi connectivity index (χ1v) is 6.99. The van der Waals surface area contributed by atoms with Gasteiger partial charge >= 0.3 is 12.0 Å². The van der Waals surface area contributed by atoms with Crippen LogP contribution in [0.2, 0.25) is 0 Å². The van der Waals surface area contributed by atoms with Crippen LogP contribution >= 0.6 is 0 Å². The van der Waals surface area contributed by atoms with Crippen LogP contribution in [0.3, 0.4) is 0 Å². The third kappa shape index (κ3) is 4.18. The third-order valence-corrected chi connectivity index (χ3v) is 3.87. The quantitative estimate of drug-likeness (QED) is 0.750. The van der Waals surface area contributed by atoms with E-state index >= 15 is 0 Å². The second-order valence-corrected chi connectivity index (χ2v) is 4.92. The highest BCUT2D eigenvalue weighted by Gasteiger charge is 2.25. The van der Waals surface area contributed by atoms with Gasteiger partial charge in [0.05, 0.1) is 5.56 Å². The average Bonchev–Trinajstić information content (AvgIpc) is 2.44. The number of benzene rings is 1. The van der Waals surface area contributed by atoms with Crippen molar-refractivity contribution in [1.82, 2.24) is 5.32 Å². The van der Waals surface area contributed by atoms with E-state index in [1.165, 1.54) is 6.07 Å². The Hall–Kier alpha value is -2.11. The van der Waals surface area contributed by atoms with Crippen LogP contribution in [0.15, 0.2) is 18.2 Å². The van der Waals surface area contributed by atoms with Gasteiger partial charge < -0.3 is 15.7 Å². The van der Waals surface area contributed by atoms with Crippen LogP contribution < -0.4 is 10.6 Å². The zero-order chi connectivity index (χ0) is 16.0. The first-order valence-electron chi connectivity index (χ1n) is 6.99. The fourth-order valence-electron chi connectivity index (χ4n) is 2.18. The van der Waals surface area contributed by atoms with Gasteiger partial charge in [0.15, 0.2) is 0 Å². The molecule has 0 spiro atoms. The summed E-state index contributed by atoms with van der Waals surface area (Å²) in [4.78, 5) is 22.7. The van der Waals surface area contributed by atoms with Gasteiger partial charge in [-0.15, -0.1) is 0 Å². The second kappa shape index (κ2) is 7.06. The monoisotopic (exact) mass is 296 g/mol. The van der Waals surface area contributed by atoms with E-state index < -0.39 is 23.4 Å². The van der Waals surface area contributed by atoms with E-state index in [4.69, 9.17) is 5.11 Å². The molecule has 1 aromatic carbocycles. The van der Waals surface area contributed by atoms with Crippen LogP contribution in [0.1, 0.15) is 50.4 Å². The molecular formula is C15H21FN2O3. The van der Waals surface area contributed by atoms with E-state index in [1.54, 1.807) is 0 Å². The molecule has 0 unspecified atom stereocenters. The standard InChI is InChI=1S/C15H21FN2O3/c1-4-15(5-2,6-3)18-14(21)17-10-7-8-11(13(19)20)12(16)9-10/h7-9H,4-6H2,1-3H3,(H,19,20)(H2,17,18,21). The minimum atomic E-state index is -1.34. The van der Waals surface area contributed by atoms with E-state index in [-0.39, 0.29) is 11.2 Å². The number of amides is 2. The Morgan fingerprint density at radius 2 is 1.76 bits per heavy atom. The van der Waals surface area contributed by atoms with Crippen molar-refractivity contribution >= 4 is 17.7 Å². The molecule has 0 atom stereocenters. The minimum Gasteiger partial charge on any atom is -0.478 e. The van der Waals surface area contributed by atoms with Crippen molar-refractivity contribution in [1.29, 1.82) is 0 Å². The summed E-state index contributed by atoms with van der Waals surface area (Å²) in [6, 6.07) is 3.05. The molecule has 1 aromatic rings.